The summed E-state index contributed by atoms with van der Waals surface area (Å²) >= 11 is 0. The molecule has 0 saturated carbocycles. The van der Waals surface area contributed by atoms with Crippen molar-refractivity contribution in [3.05, 3.63) is 0 Å². The molecular weight excluding hydrogens is 178 g/mol. The zero-order chi connectivity index (χ0) is 11.0. The topological polar surface area (TPSA) is 52.3 Å². The Morgan fingerprint density at radius 3 is 2.43 bits per heavy atom. The molecule has 14 heavy (non-hydrogen) atoms. The molecule has 0 bridgehead atoms. The summed E-state index contributed by atoms with van der Waals surface area (Å²) in [5.41, 5.74) is 5.67. The summed E-state index contributed by atoms with van der Waals surface area (Å²) in [5.74, 6) is 0.386. The lowest BCUT2D eigenvalue weighted by molar-refractivity contribution is -0.144. The number of carbonyl (C=O) groups excluding carboxylic acids is 1. The molecule has 3 nitrogen and oxygen atoms in total. The molecule has 84 valence electrons. The summed E-state index contributed by atoms with van der Waals surface area (Å²) in [7, 11) is 0. The molecule has 0 spiro atoms. The zero-order valence-electron chi connectivity index (χ0n) is 9.58. The van der Waals surface area contributed by atoms with Crippen molar-refractivity contribution in [3.8, 4) is 0 Å². The van der Waals surface area contributed by atoms with Gasteiger partial charge in [-0.2, -0.15) is 0 Å². The lowest BCUT2D eigenvalue weighted by atomic mass is 9.98. The van der Waals surface area contributed by atoms with E-state index in [-0.39, 0.29) is 5.97 Å². The summed E-state index contributed by atoms with van der Waals surface area (Å²) in [6, 6.07) is -0.436. The Morgan fingerprint density at radius 2 is 1.93 bits per heavy atom. The van der Waals surface area contributed by atoms with Crippen molar-refractivity contribution in [2.45, 2.75) is 52.5 Å². The van der Waals surface area contributed by atoms with Crippen molar-refractivity contribution in [3.63, 3.8) is 0 Å². The minimum atomic E-state index is -0.436. The smallest absolute Gasteiger partial charge is 0.322 e. The molecule has 0 aliphatic rings. The molecule has 0 heterocycles. The number of nitrogens with two attached hydrogens (primary N) is 1. The van der Waals surface area contributed by atoms with Gasteiger partial charge in [-0.1, -0.05) is 26.7 Å². The first-order valence-electron chi connectivity index (χ1n) is 5.54. The molecule has 0 aliphatic carbocycles. The standard InChI is InChI=1S/C11H23NO2/c1-4-6-9(3)7-8-10(12)11(13)14-5-2/h9-10H,4-8,12H2,1-3H3. The van der Waals surface area contributed by atoms with Gasteiger partial charge in [-0.3, -0.25) is 4.79 Å². The first-order valence-corrected chi connectivity index (χ1v) is 5.54. The summed E-state index contributed by atoms with van der Waals surface area (Å²) < 4.78 is 4.83. The normalized spacial score (nSPS) is 14.9. The van der Waals surface area contributed by atoms with Crippen molar-refractivity contribution in [1.29, 1.82) is 0 Å². The molecule has 2 atom stereocenters. The van der Waals surface area contributed by atoms with Crippen LogP contribution in [0, 0.1) is 5.92 Å². The molecule has 0 aromatic carbocycles. The second kappa shape index (κ2) is 7.80. The van der Waals surface area contributed by atoms with Crippen molar-refractivity contribution in [2.24, 2.45) is 11.7 Å². The summed E-state index contributed by atoms with van der Waals surface area (Å²) in [4.78, 5) is 11.2. The Bertz CT molecular complexity index is 159. The lowest BCUT2D eigenvalue weighted by Gasteiger charge is -2.13. The highest BCUT2D eigenvalue weighted by atomic mass is 16.5. The number of rotatable bonds is 7. The third-order valence-electron chi connectivity index (χ3n) is 2.34. The average molecular weight is 201 g/mol. The molecule has 2 N–H and O–H groups in total. The van der Waals surface area contributed by atoms with Crippen LogP contribution in [-0.4, -0.2) is 18.6 Å². The largest absolute Gasteiger partial charge is 0.465 e. The maximum atomic E-state index is 11.2. The Labute approximate surface area is 87.0 Å². The first kappa shape index (κ1) is 13.4. The third kappa shape index (κ3) is 5.97. The maximum absolute atomic E-state index is 11.2. The quantitative estimate of drug-likeness (QED) is 0.642. The molecular formula is C11H23NO2. The average Bonchev–Trinajstić information content (AvgIpc) is 2.15. The van der Waals surface area contributed by atoms with Gasteiger partial charge in [0, 0.05) is 0 Å². The van der Waals surface area contributed by atoms with E-state index in [1.807, 2.05) is 0 Å². The van der Waals surface area contributed by atoms with Crippen molar-refractivity contribution in [1.82, 2.24) is 0 Å². The van der Waals surface area contributed by atoms with Gasteiger partial charge in [0.1, 0.15) is 6.04 Å². The van der Waals surface area contributed by atoms with E-state index in [2.05, 4.69) is 13.8 Å². The van der Waals surface area contributed by atoms with Crippen LogP contribution in [0.1, 0.15) is 46.5 Å². The highest BCUT2D eigenvalue weighted by molar-refractivity contribution is 5.75. The number of esters is 1. The molecule has 0 fully saturated rings. The van der Waals surface area contributed by atoms with E-state index in [9.17, 15) is 4.79 Å². The van der Waals surface area contributed by atoms with Crippen LogP contribution in [0.15, 0.2) is 0 Å². The van der Waals surface area contributed by atoms with Gasteiger partial charge in [-0.15, -0.1) is 0 Å². The van der Waals surface area contributed by atoms with E-state index >= 15 is 0 Å². The Balaban J connectivity index is 3.61. The van der Waals surface area contributed by atoms with Crippen LogP contribution in [0.4, 0.5) is 0 Å². The molecule has 0 saturated heterocycles. The summed E-state index contributed by atoms with van der Waals surface area (Å²) in [5, 5.41) is 0. The second-order valence-electron chi connectivity index (χ2n) is 3.83. The Morgan fingerprint density at radius 1 is 1.29 bits per heavy atom. The van der Waals surface area contributed by atoms with Crippen molar-refractivity contribution in [2.75, 3.05) is 6.61 Å². The number of ether oxygens (including phenoxy) is 1. The van der Waals surface area contributed by atoms with Crippen molar-refractivity contribution < 1.29 is 9.53 Å². The predicted octanol–water partition coefficient (Wildman–Crippen LogP) is 2.09. The summed E-state index contributed by atoms with van der Waals surface area (Å²) in [6.45, 7) is 6.57. The highest BCUT2D eigenvalue weighted by Gasteiger charge is 2.15. The molecule has 0 aromatic rings. The second-order valence-corrected chi connectivity index (χ2v) is 3.83. The van der Waals surface area contributed by atoms with Gasteiger partial charge in [0.2, 0.25) is 0 Å². The van der Waals surface area contributed by atoms with E-state index in [0.717, 1.165) is 12.8 Å². The minimum absolute atomic E-state index is 0.267. The molecule has 0 radical (unpaired) electrons. The van der Waals surface area contributed by atoms with Crippen LogP contribution < -0.4 is 5.73 Å². The third-order valence-corrected chi connectivity index (χ3v) is 2.34. The number of hydrogen-bond donors (Lipinski definition) is 1. The van der Waals surface area contributed by atoms with Gasteiger partial charge < -0.3 is 10.5 Å². The molecule has 3 heteroatoms. The van der Waals surface area contributed by atoms with E-state index in [1.54, 1.807) is 6.92 Å². The van der Waals surface area contributed by atoms with Gasteiger partial charge in [0.05, 0.1) is 6.61 Å². The van der Waals surface area contributed by atoms with E-state index < -0.39 is 6.04 Å². The van der Waals surface area contributed by atoms with Crippen LogP contribution in [0.25, 0.3) is 0 Å². The first-order chi connectivity index (χ1) is 6.61. The number of hydrogen-bond acceptors (Lipinski definition) is 3. The fraction of sp³-hybridized carbons (Fsp3) is 0.909. The molecule has 0 aliphatic heterocycles. The fourth-order valence-electron chi connectivity index (χ4n) is 1.47. The van der Waals surface area contributed by atoms with E-state index in [4.69, 9.17) is 10.5 Å². The van der Waals surface area contributed by atoms with Gasteiger partial charge in [0.15, 0.2) is 0 Å². The molecule has 0 aromatic heterocycles. The van der Waals surface area contributed by atoms with E-state index in [1.165, 1.54) is 12.8 Å². The van der Waals surface area contributed by atoms with Crippen LogP contribution in [0.2, 0.25) is 0 Å². The lowest BCUT2D eigenvalue weighted by Crippen LogP contribution is -2.32. The Kier molecular flexibility index (Phi) is 7.48. The van der Waals surface area contributed by atoms with E-state index in [0.29, 0.717) is 12.5 Å². The van der Waals surface area contributed by atoms with Gasteiger partial charge in [-0.05, 0) is 25.7 Å². The predicted molar refractivity (Wildman–Crippen MR) is 57.9 cm³/mol. The molecule has 0 rings (SSSR count). The van der Waals surface area contributed by atoms with Crippen LogP contribution in [-0.2, 0) is 9.53 Å². The molecule has 0 amide bonds. The fourth-order valence-corrected chi connectivity index (χ4v) is 1.47. The van der Waals surface area contributed by atoms with Crippen molar-refractivity contribution >= 4 is 5.97 Å². The molecule has 2 unspecified atom stereocenters. The minimum Gasteiger partial charge on any atom is -0.465 e. The monoisotopic (exact) mass is 201 g/mol. The van der Waals surface area contributed by atoms with Crippen LogP contribution in [0.3, 0.4) is 0 Å². The zero-order valence-corrected chi connectivity index (χ0v) is 9.58. The number of carbonyl (C=O) groups is 1. The summed E-state index contributed by atoms with van der Waals surface area (Å²) in [6.07, 6.45) is 4.14. The van der Waals surface area contributed by atoms with Gasteiger partial charge >= 0.3 is 5.97 Å². The SMILES string of the molecule is CCCC(C)CCC(N)C(=O)OCC. The van der Waals surface area contributed by atoms with Crippen LogP contribution >= 0.6 is 0 Å². The highest BCUT2D eigenvalue weighted by Crippen LogP contribution is 2.13. The van der Waals surface area contributed by atoms with Gasteiger partial charge in [0.25, 0.3) is 0 Å². The van der Waals surface area contributed by atoms with Crippen LogP contribution in [0.5, 0.6) is 0 Å². The van der Waals surface area contributed by atoms with Gasteiger partial charge in [-0.25, -0.2) is 0 Å². The Hall–Kier alpha value is -0.570. The maximum Gasteiger partial charge on any atom is 0.322 e.